The molecule has 9 heteroatoms. The third-order valence-electron chi connectivity index (χ3n) is 5.11. The predicted octanol–water partition coefficient (Wildman–Crippen LogP) is 1.17. The molecule has 0 radical (unpaired) electrons. The van der Waals surface area contributed by atoms with Gasteiger partial charge in [-0.25, -0.2) is 17.5 Å². The van der Waals surface area contributed by atoms with Crippen molar-refractivity contribution in [2.45, 2.75) is 30.3 Å². The van der Waals surface area contributed by atoms with Gasteiger partial charge in [-0.05, 0) is 43.0 Å². The summed E-state index contributed by atoms with van der Waals surface area (Å²) in [4.78, 5) is 2.30. The van der Waals surface area contributed by atoms with Crippen molar-refractivity contribution in [1.29, 1.82) is 0 Å². The minimum absolute atomic E-state index is 0.118. The second-order valence-corrected chi connectivity index (χ2v) is 8.43. The van der Waals surface area contributed by atoms with Crippen molar-refractivity contribution in [2.75, 3.05) is 24.5 Å². The molecule has 4 rings (SSSR count). The van der Waals surface area contributed by atoms with E-state index in [0.29, 0.717) is 13.1 Å². The molecule has 0 amide bonds. The van der Waals surface area contributed by atoms with Crippen molar-refractivity contribution < 1.29 is 12.8 Å². The van der Waals surface area contributed by atoms with Gasteiger partial charge < -0.3 is 4.90 Å². The zero-order chi connectivity index (χ0) is 17.6. The largest absolute Gasteiger partial charge is 0.368 e. The van der Waals surface area contributed by atoms with Crippen LogP contribution < -0.4 is 4.90 Å². The molecular formula is C16H20FN5O2S. The maximum absolute atomic E-state index is 13.4. The fraction of sp³-hybridized carbons (Fsp3) is 0.500. The molecule has 0 spiro atoms. The predicted molar refractivity (Wildman–Crippen MR) is 90.2 cm³/mol. The van der Waals surface area contributed by atoms with E-state index < -0.39 is 10.0 Å². The van der Waals surface area contributed by atoms with E-state index in [-0.39, 0.29) is 16.9 Å². The Morgan fingerprint density at radius 2 is 1.96 bits per heavy atom. The Kier molecular flexibility index (Phi) is 3.99. The molecule has 1 aromatic carbocycles. The molecule has 2 aromatic rings. The van der Waals surface area contributed by atoms with Crippen LogP contribution in [0.2, 0.25) is 0 Å². The van der Waals surface area contributed by atoms with E-state index >= 15 is 0 Å². The molecule has 2 aliphatic heterocycles. The Morgan fingerprint density at radius 3 is 2.64 bits per heavy atom. The van der Waals surface area contributed by atoms with Crippen LogP contribution in [0.15, 0.2) is 29.4 Å². The smallest absolute Gasteiger partial charge is 0.261 e. The standard InChI is InChI=1S/C16H20FN5O2S/c1-20-16(11-18-19-20)25(23,24)21-7-5-14(6-8-21)22-9-4-12-10-13(17)2-3-15(12)22/h2-3,10-11,14H,4-9H2,1H3. The lowest BCUT2D eigenvalue weighted by atomic mass is 10.0. The van der Waals surface area contributed by atoms with Crippen molar-refractivity contribution in [3.63, 3.8) is 0 Å². The molecule has 0 bridgehead atoms. The van der Waals surface area contributed by atoms with Crippen molar-refractivity contribution in [2.24, 2.45) is 7.05 Å². The monoisotopic (exact) mass is 365 g/mol. The summed E-state index contributed by atoms with van der Waals surface area (Å²) in [5, 5.41) is 7.49. The molecule has 0 unspecified atom stereocenters. The molecule has 2 aliphatic rings. The minimum Gasteiger partial charge on any atom is -0.368 e. The quantitative estimate of drug-likeness (QED) is 0.817. The van der Waals surface area contributed by atoms with Gasteiger partial charge in [0.2, 0.25) is 0 Å². The fourth-order valence-electron chi connectivity index (χ4n) is 3.82. The van der Waals surface area contributed by atoms with E-state index in [9.17, 15) is 12.8 Å². The van der Waals surface area contributed by atoms with Crippen molar-refractivity contribution >= 4 is 15.7 Å². The molecule has 0 aliphatic carbocycles. The molecule has 0 saturated carbocycles. The van der Waals surface area contributed by atoms with Crippen LogP contribution in [0.4, 0.5) is 10.1 Å². The third-order valence-corrected chi connectivity index (χ3v) is 7.06. The number of benzene rings is 1. The molecular weight excluding hydrogens is 345 g/mol. The van der Waals surface area contributed by atoms with Gasteiger partial charge in [0, 0.05) is 38.4 Å². The van der Waals surface area contributed by atoms with Gasteiger partial charge in [-0.1, -0.05) is 5.21 Å². The molecule has 1 fully saturated rings. The number of fused-ring (bicyclic) bond motifs is 1. The first kappa shape index (κ1) is 16.5. The van der Waals surface area contributed by atoms with Gasteiger partial charge in [-0.3, -0.25) is 0 Å². The third kappa shape index (κ3) is 2.81. The Labute approximate surface area is 146 Å². The Hall–Kier alpha value is -2.00. The summed E-state index contributed by atoms with van der Waals surface area (Å²) in [6.45, 7) is 1.79. The maximum atomic E-state index is 13.4. The molecule has 0 atom stereocenters. The van der Waals surface area contributed by atoms with Crippen LogP contribution in [0.1, 0.15) is 18.4 Å². The summed E-state index contributed by atoms with van der Waals surface area (Å²) in [7, 11) is -1.98. The maximum Gasteiger partial charge on any atom is 0.261 e. The van der Waals surface area contributed by atoms with Crippen molar-refractivity contribution in [3.8, 4) is 0 Å². The minimum atomic E-state index is -3.56. The van der Waals surface area contributed by atoms with Gasteiger partial charge in [-0.2, -0.15) is 4.31 Å². The Balaban J connectivity index is 1.47. The normalized spacial score (nSPS) is 19.4. The second kappa shape index (κ2) is 6.06. The zero-order valence-electron chi connectivity index (χ0n) is 14.0. The first-order valence-corrected chi connectivity index (χ1v) is 9.81. The van der Waals surface area contributed by atoms with Gasteiger partial charge in [0.05, 0.1) is 6.20 Å². The number of aryl methyl sites for hydroxylation is 1. The molecule has 3 heterocycles. The number of sulfonamides is 1. The number of hydrogen-bond acceptors (Lipinski definition) is 5. The Bertz CT molecular complexity index is 890. The highest BCUT2D eigenvalue weighted by atomic mass is 32.2. The molecule has 25 heavy (non-hydrogen) atoms. The number of hydrogen-bond donors (Lipinski definition) is 0. The zero-order valence-corrected chi connectivity index (χ0v) is 14.8. The lowest BCUT2D eigenvalue weighted by Crippen LogP contribution is -2.46. The van der Waals surface area contributed by atoms with Gasteiger partial charge >= 0.3 is 0 Å². The summed E-state index contributed by atoms with van der Waals surface area (Å²) in [6, 6.07) is 5.21. The summed E-state index contributed by atoms with van der Waals surface area (Å²) in [5.41, 5.74) is 2.12. The highest BCUT2D eigenvalue weighted by molar-refractivity contribution is 7.89. The first-order valence-electron chi connectivity index (χ1n) is 8.37. The summed E-state index contributed by atoms with van der Waals surface area (Å²) in [6.07, 6.45) is 3.63. The highest BCUT2D eigenvalue weighted by Gasteiger charge is 2.35. The van der Waals surface area contributed by atoms with E-state index in [1.807, 2.05) is 6.07 Å². The molecule has 1 saturated heterocycles. The number of halogens is 1. The molecule has 7 nitrogen and oxygen atoms in total. The van der Waals surface area contributed by atoms with Crippen LogP contribution in [0, 0.1) is 5.82 Å². The lowest BCUT2D eigenvalue weighted by Gasteiger charge is -2.37. The Morgan fingerprint density at radius 1 is 1.20 bits per heavy atom. The average molecular weight is 365 g/mol. The van der Waals surface area contributed by atoms with Gasteiger partial charge in [0.25, 0.3) is 10.0 Å². The van der Waals surface area contributed by atoms with Crippen LogP contribution >= 0.6 is 0 Å². The van der Waals surface area contributed by atoms with Crippen LogP contribution in [-0.2, 0) is 23.5 Å². The molecule has 1 aromatic heterocycles. The van der Waals surface area contributed by atoms with Crippen LogP contribution in [0.3, 0.4) is 0 Å². The van der Waals surface area contributed by atoms with Crippen LogP contribution in [0.25, 0.3) is 0 Å². The summed E-state index contributed by atoms with van der Waals surface area (Å²) in [5.74, 6) is -0.203. The van der Waals surface area contributed by atoms with E-state index in [0.717, 1.165) is 37.1 Å². The second-order valence-electron chi connectivity index (χ2n) is 6.55. The van der Waals surface area contributed by atoms with E-state index in [4.69, 9.17) is 0 Å². The van der Waals surface area contributed by atoms with Crippen molar-refractivity contribution in [3.05, 3.63) is 35.8 Å². The highest BCUT2D eigenvalue weighted by Crippen LogP contribution is 2.33. The van der Waals surface area contributed by atoms with Gasteiger partial charge in [0.1, 0.15) is 5.82 Å². The number of aromatic nitrogens is 3. The van der Waals surface area contributed by atoms with E-state index in [2.05, 4.69) is 15.2 Å². The van der Waals surface area contributed by atoms with Gasteiger partial charge in [0.15, 0.2) is 5.03 Å². The number of rotatable bonds is 3. The number of piperidine rings is 1. The number of nitrogens with zero attached hydrogens (tertiary/aromatic N) is 5. The van der Waals surface area contributed by atoms with Gasteiger partial charge in [-0.15, -0.1) is 5.10 Å². The topological polar surface area (TPSA) is 71.3 Å². The first-order chi connectivity index (χ1) is 12.0. The molecule has 134 valence electrons. The van der Waals surface area contributed by atoms with Crippen LogP contribution in [0.5, 0.6) is 0 Å². The van der Waals surface area contributed by atoms with Crippen LogP contribution in [-0.4, -0.2) is 53.4 Å². The number of anilines is 1. The fourth-order valence-corrected chi connectivity index (χ4v) is 5.32. The van der Waals surface area contributed by atoms with Crippen molar-refractivity contribution in [1.82, 2.24) is 19.3 Å². The average Bonchev–Trinajstić information content (AvgIpc) is 3.21. The van der Waals surface area contributed by atoms with E-state index in [1.165, 1.54) is 21.3 Å². The molecule has 0 N–H and O–H groups in total. The summed E-state index contributed by atoms with van der Waals surface area (Å²) >= 11 is 0. The summed E-state index contributed by atoms with van der Waals surface area (Å²) < 4.78 is 41.6. The SMILES string of the molecule is Cn1nncc1S(=O)(=O)N1CCC(N2CCc3cc(F)ccc32)CC1. The lowest BCUT2D eigenvalue weighted by molar-refractivity contribution is 0.310. The van der Waals surface area contributed by atoms with E-state index in [1.54, 1.807) is 13.1 Å².